The van der Waals surface area contributed by atoms with Crippen molar-refractivity contribution < 1.29 is 9.53 Å². The van der Waals surface area contributed by atoms with Crippen molar-refractivity contribution in [3.8, 4) is 17.6 Å². The van der Waals surface area contributed by atoms with Crippen LogP contribution in [0.3, 0.4) is 0 Å². The van der Waals surface area contributed by atoms with Crippen molar-refractivity contribution in [2.45, 2.75) is 27.7 Å². The van der Waals surface area contributed by atoms with Crippen LogP contribution in [0.25, 0.3) is 0 Å². The normalized spacial score (nSPS) is 10.3. The van der Waals surface area contributed by atoms with Gasteiger partial charge in [-0.3, -0.25) is 4.79 Å². The smallest absolute Gasteiger partial charge is 0.226 e. The molecule has 0 saturated carbocycles. The number of benzene rings is 1. The Bertz CT molecular complexity index is 489. The molecule has 1 amide bonds. The molecule has 0 heterocycles. The molecule has 1 rings (SSSR count). The molecule has 0 atom stereocenters. The summed E-state index contributed by atoms with van der Waals surface area (Å²) in [4.78, 5) is 11.6. The Labute approximate surface area is 115 Å². The van der Waals surface area contributed by atoms with Crippen molar-refractivity contribution in [3.05, 3.63) is 29.8 Å². The van der Waals surface area contributed by atoms with Gasteiger partial charge in [0.1, 0.15) is 12.4 Å². The fraction of sp³-hybridized carbons (Fsp3) is 0.438. The largest absolute Gasteiger partial charge is 0.481 e. The average Bonchev–Trinajstić information content (AvgIpc) is 2.34. The molecule has 0 aliphatic carbocycles. The van der Waals surface area contributed by atoms with E-state index < -0.39 is 0 Å². The van der Waals surface area contributed by atoms with Gasteiger partial charge in [0, 0.05) is 5.41 Å². The number of hydrogen-bond acceptors (Lipinski definition) is 2. The Hall–Kier alpha value is -1.95. The summed E-state index contributed by atoms with van der Waals surface area (Å²) in [5.41, 5.74) is 0.713. The lowest BCUT2D eigenvalue weighted by atomic mass is 9.96. The van der Waals surface area contributed by atoms with Gasteiger partial charge in [0.2, 0.25) is 5.91 Å². The van der Waals surface area contributed by atoms with Crippen molar-refractivity contribution in [3.63, 3.8) is 0 Å². The molecule has 0 aromatic heterocycles. The van der Waals surface area contributed by atoms with Crippen molar-refractivity contribution in [1.82, 2.24) is 5.32 Å². The lowest BCUT2D eigenvalue weighted by Gasteiger charge is -2.16. The summed E-state index contributed by atoms with van der Waals surface area (Å²) in [7, 11) is 0. The highest BCUT2D eigenvalue weighted by Gasteiger charge is 2.19. The first-order valence-corrected chi connectivity index (χ1v) is 6.33. The van der Waals surface area contributed by atoms with Crippen LogP contribution in [0.5, 0.6) is 5.75 Å². The van der Waals surface area contributed by atoms with E-state index in [1.54, 1.807) is 0 Å². The number of nitrogens with one attached hydrogen (secondary N) is 1. The lowest BCUT2D eigenvalue weighted by molar-refractivity contribution is -0.128. The highest BCUT2D eigenvalue weighted by atomic mass is 16.5. The topological polar surface area (TPSA) is 38.3 Å². The van der Waals surface area contributed by atoms with E-state index in [9.17, 15) is 4.79 Å². The number of carbonyl (C=O) groups excluding carboxylic acids is 1. The van der Waals surface area contributed by atoms with Gasteiger partial charge in [-0.1, -0.05) is 50.8 Å². The van der Waals surface area contributed by atoms with Gasteiger partial charge in [-0.2, -0.15) is 0 Å². The molecule has 0 spiro atoms. The summed E-state index contributed by atoms with van der Waals surface area (Å²) in [6.45, 7) is 8.29. The SMILES string of the molecule is Cc1ccccc1OCC#CCNC(=O)C(C)(C)C. The first kappa shape index (κ1) is 15.1. The predicted octanol–water partition coefficient (Wildman–Crippen LogP) is 2.54. The summed E-state index contributed by atoms with van der Waals surface area (Å²) in [5, 5.41) is 2.76. The second-order valence-corrected chi connectivity index (χ2v) is 5.34. The van der Waals surface area contributed by atoms with E-state index in [4.69, 9.17) is 4.74 Å². The maximum atomic E-state index is 11.6. The molecular formula is C16H21NO2. The third-order valence-corrected chi connectivity index (χ3v) is 2.54. The van der Waals surface area contributed by atoms with E-state index >= 15 is 0 Å². The third kappa shape index (κ3) is 5.48. The van der Waals surface area contributed by atoms with Crippen molar-refractivity contribution in [2.75, 3.05) is 13.2 Å². The Morgan fingerprint density at radius 2 is 1.95 bits per heavy atom. The molecule has 3 nitrogen and oxygen atoms in total. The molecule has 0 bridgehead atoms. The van der Waals surface area contributed by atoms with Gasteiger partial charge in [0.25, 0.3) is 0 Å². The van der Waals surface area contributed by atoms with E-state index in [2.05, 4.69) is 17.2 Å². The van der Waals surface area contributed by atoms with Crippen LogP contribution in [0, 0.1) is 24.2 Å². The van der Waals surface area contributed by atoms with E-state index in [1.165, 1.54) is 0 Å². The molecule has 0 saturated heterocycles. The Morgan fingerprint density at radius 3 is 2.58 bits per heavy atom. The van der Waals surface area contributed by atoms with Crippen molar-refractivity contribution in [1.29, 1.82) is 0 Å². The summed E-state index contributed by atoms with van der Waals surface area (Å²) < 4.78 is 5.52. The fourth-order valence-corrected chi connectivity index (χ4v) is 1.34. The van der Waals surface area contributed by atoms with Crippen LogP contribution in [0.1, 0.15) is 26.3 Å². The van der Waals surface area contributed by atoms with Crippen molar-refractivity contribution in [2.24, 2.45) is 5.41 Å². The minimum atomic E-state index is -0.376. The minimum absolute atomic E-state index is 0.00150. The molecule has 1 aromatic carbocycles. The predicted molar refractivity (Wildman–Crippen MR) is 76.9 cm³/mol. The van der Waals surface area contributed by atoms with Gasteiger partial charge in [-0.05, 0) is 18.6 Å². The number of para-hydroxylation sites is 1. The monoisotopic (exact) mass is 259 g/mol. The Morgan fingerprint density at radius 1 is 1.26 bits per heavy atom. The molecule has 0 aliphatic rings. The maximum Gasteiger partial charge on any atom is 0.226 e. The first-order chi connectivity index (χ1) is 8.91. The Kier molecular flexibility index (Phi) is 5.44. The number of amides is 1. The lowest BCUT2D eigenvalue weighted by Crippen LogP contribution is -2.34. The van der Waals surface area contributed by atoms with Gasteiger partial charge in [-0.25, -0.2) is 0 Å². The average molecular weight is 259 g/mol. The van der Waals surface area contributed by atoms with Gasteiger partial charge in [-0.15, -0.1) is 0 Å². The number of ether oxygens (including phenoxy) is 1. The molecule has 19 heavy (non-hydrogen) atoms. The minimum Gasteiger partial charge on any atom is -0.481 e. The quantitative estimate of drug-likeness (QED) is 0.847. The van der Waals surface area contributed by atoms with Crippen LogP contribution in [-0.2, 0) is 4.79 Å². The van der Waals surface area contributed by atoms with Crippen LogP contribution >= 0.6 is 0 Å². The molecule has 1 N–H and O–H groups in total. The molecule has 0 unspecified atom stereocenters. The first-order valence-electron chi connectivity index (χ1n) is 6.33. The fourth-order valence-electron chi connectivity index (χ4n) is 1.34. The summed E-state index contributed by atoms with van der Waals surface area (Å²) >= 11 is 0. The van der Waals surface area contributed by atoms with Gasteiger partial charge >= 0.3 is 0 Å². The van der Waals surface area contributed by atoms with E-state index in [1.807, 2.05) is 52.0 Å². The standard InChI is InChI=1S/C16H21NO2/c1-13-9-5-6-10-14(13)19-12-8-7-11-17-15(18)16(2,3)4/h5-6,9-10H,11-12H2,1-4H3,(H,17,18). The number of carbonyl (C=O) groups is 1. The summed E-state index contributed by atoms with van der Waals surface area (Å²) in [6.07, 6.45) is 0. The maximum absolute atomic E-state index is 11.6. The number of rotatable bonds is 3. The number of aryl methyl sites for hydroxylation is 1. The number of hydrogen-bond donors (Lipinski definition) is 1. The zero-order valence-corrected chi connectivity index (χ0v) is 12.0. The molecule has 102 valence electrons. The molecular weight excluding hydrogens is 238 g/mol. The third-order valence-electron chi connectivity index (χ3n) is 2.54. The van der Waals surface area contributed by atoms with Gasteiger partial charge < -0.3 is 10.1 Å². The Balaban J connectivity index is 2.30. The second kappa shape index (κ2) is 6.84. The zero-order chi connectivity index (χ0) is 14.3. The van der Waals surface area contributed by atoms with Crippen LogP contribution < -0.4 is 10.1 Å². The molecule has 0 aliphatic heterocycles. The van der Waals surface area contributed by atoms with Crippen LogP contribution in [0.2, 0.25) is 0 Å². The van der Waals surface area contributed by atoms with Gasteiger partial charge in [0.15, 0.2) is 0 Å². The van der Waals surface area contributed by atoms with E-state index in [-0.39, 0.29) is 11.3 Å². The van der Waals surface area contributed by atoms with Crippen LogP contribution in [-0.4, -0.2) is 19.1 Å². The summed E-state index contributed by atoms with van der Waals surface area (Å²) in [6, 6.07) is 7.81. The van der Waals surface area contributed by atoms with Crippen LogP contribution in [0.15, 0.2) is 24.3 Å². The highest BCUT2D eigenvalue weighted by molar-refractivity contribution is 5.81. The van der Waals surface area contributed by atoms with E-state index in [0.717, 1.165) is 11.3 Å². The van der Waals surface area contributed by atoms with Crippen LogP contribution in [0.4, 0.5) is 0 Å². The molecule has 3 heteroatoms. The molecule has 1 aromatic rings. The molecule has 0 radical (unpaired) electrons. The zero-order valence-electron chi connectivity index (χ0n) is 12.0. The molecule has 0 fully saturated rings. The summed E-state index contributed by atoms with van der Waals surface area (Å²) in [5.74, 6) is 6.60. The van der Waals surface area contributed by atoms with Gasteiger partial charge in [0.05, 0.1) is 6.54 Å². The van der Waals surface area contributed by atoms with E-state index in [0.29, 0.717) is 13.2 Å². The second-order valence-electron chi connectivity index (χ2n) is 5.34. The highest BCUT2D eigenvalue weighted by Crippen LogP contribution is 2.15. The van der Waals surface area contributed by atoms with Crippen molar-refractivity contribution >= 4 is 5.91 Å².